The lowest BCUT2D eigenvalue weighted by molar-refractivity contribution is -0.119. The minimum Gasteiger partial charge on any atom is -0.361 e. The van der Waals surface area contributed by atoms with E-state index >= 15 is 0 Å². The van der Waals surface area contributed by atoms with Gasteiger partial charge >= 0.3 is 0 Å². The zero-order chi connectivity index (χ0) is 28.7. The third-order valence-corrected chi connectivity index (χ3v) is 9.59. The Morgan fingerprint density at radius 2 is 1.71 bits per heavy atom. The zero-order valence-corrected chi connectivity index (χ0v) is 24.8. The number of hydrogen-bond donors (Lipinski definition) is 0. The molecule has 0 bridgehead atoms. The number of Topliss-reactive ketones (excluding diaryl/α,β-unsaturated/α-hetero) is 1. The molecule has 9 heteroatoms. The topological polar surface area (TPSA) is 69.4 Å². The van der Waals surface area contributed by atoms with Crippen LogP contribution in [0.4, 0.5) is 10.3 Å². The first kappa shape index (κ1) is 27.4. The second-order valence-electron chi connectivity index (χ2n) is 12.1. The Bertz CT molecular complexity index is 1810. The Morgan fingerprint density at radius 1 is 0.951 bits per heavy atom. The predicted molar refractivity (Wildman–Crippen MR) is 165 cm³/mol. The minimum absolute atomic E-state index is 0.142. The van der Waals surface area contributed by atoms with Gasteiger partial charge in [0.2, 0.25) is 5.95 Å². The van der Waals surface area contributed by atoms with Crippen LogP contribution in [-0.2, 0) is 22.8 Å². The molecule has 3 aromatic carbocycles. The van der Waals surface area contributed by atoms with E-state index in [9.17, 15) is 14.0 Å². The lowest BCUT2D eigenvalue weighted by atomic mass is 10.0. The van der Waals surface area contributed by atoms with Gasteiger partial charge in [-0.25, -0.2) is 9.37 Å². The summed E-state index contributed by atoms with van der Waals surface area (Å²) >= 11 is 0. The maximum absolute atomic E-state index is 14.7. The van der Waals surface area contributed by atoms with Crippen molar-refractivity contribution < 1.29 is 13.9 Å². The van der Waals surface area contributed by atoms with Gasteiger partial charge < -0.3 is 14.2 Å². The summed E-state index contributed by atoms with van der Waals surface area (Å²) in [5.41, 5.74) is 2.43. The number of imidazole rings is 1. The van der Waals surface area contributed by atoms with Crippen LogP contribution in [0.25, 0.3) is 32.6 Å². The highest BCUT2D eigenvalue weighted by atomic mass is 28.3. The smallest absolute Gasteiger partial charge is 0.261 e. The lowest BCUT2D eigenvalue weighted by Gasteiger charge is -2.27. The summed E-state index contributed by atoms with van der Waals surface area (Å²) in [6.45, 7) is 9.33. The van der Waals surface area contributed by atoms with Crippen molar-refractivity contribution in [1.29, 1.82) is 0 Å². The number of rotatable bonds is 8. The first-order valence-electron chi connectivity index (χ1n) is 14.2. The Labute approximate surface area is 239 Å². The van der Waals surface area contributed by atoms with Crippen molar-refractivity contribution in [3.8, 4) is 0 Å². The quantitative estimate of drug-likeness (QED) is 0.127. The largest absolute Gasteiger partial charge is 0.361 e. The summed E-state index contributed by atoms with van der Waals surface area (Å²) in [4.78, 5) is 33.2. The van der Waals surface area contributed by atoms with E-state index in [0.29, 0.717) is 60.8 Å². The van der Waals surface area contributed by atoms with Crippen LogP contribution < -0.4 is 10.5 Å². The van der Waals surface area contributed by atoms with Crippen LogP contribution in [-0.4, -0.2) is 47.7 Å². The number of carbonyl (C=O) groups excluding carboxylic acids is 1. The second kappa shape index (κ2) is 10.9. The highest BCUT2D eigenvalue weighted by molar-refractivity contribution is 6.76. The molecule has 0 unspecified atom stereocenters. The van der Waals surface area contributed by atoms with Gasteiger partial charge in [0.15, 0.2) is 0 Å². The molecule has 6 rings (SSSR count). The third kappa shape index (κ3) is 5.43. The number of nitrogens with zero attached hydrogens (tertiary/aromatic N) is 4. The lowest BCUT2D eigenvalue weighted by Crippen LogP contribution is -2.35. The molecular formula is C32H35FN4O3Si. The Morgan fingerprint density at radius 3 is 2.44 bits per heavy atom. The molecule has 0 radical (unpaired) electrons. The maximum atomic E-state index is 14.7. The normalized spacial score (nSPS) is 14.5. The number of aromatic nitrogens is 3. The van der Waals surface area contributed by atoms with Gasteiger partial charge in [-0.3, -0.25) is 14.2 Å². The van der Waals surface area contributed by atoms with Gasteiger partial charge in [0, 0.05) is 63.0 Å². The molecule has 0 N–H and O–H groups in total. The van der Waals surface area contributed by atoms with Gasteiger partial charge in [0.25, 0.3) is 5.56 Å². The molecule has 1 fully saturated rings. The monoisotopic (exact) mass is 570 g/mol. The molecule has 2 aromatic heterocycles. The fraction of sp³-hybridized carbons (Fsp3) is 0.344. The van der Waals surface area contributed by atoms with Gasteiger partial charge in [0.1, 0.15) is 18.3 Å². The predicted octanol–water partition coefficient (Wildman–Crippen LogP) is 6.17. The summed E-state index contributed by atoms with van der Waals surface area (Å²) in [5.74, 6) is 0.613. The Hall–Kier alpha value is -3.82. The van der Waals surface area contributed by atoms with E-state index in [2.05, 4.69) is 41.2 Å². The first-order chi connectivity index (χ1) is 19.7. The highest BCUT2D eigenvalue weighted by Crippen LogP contribution is 2.37. The van der Waals surface area contributed by atoms with Crippen molar-refractivity contribution in [2.45, 2.75) is 51.8 Å². The van der Waals surface area contributed by atoms with Crippen molar-refractivity contribution in [2.75, 3.05) is 24.6 Å². The van der Waals surface area contributed by atoms with Crippen molar-refractivity contribution in [1.82, 2.24) is 14.1 Å². The van der Waals surface area contributed by atoms with Crippen LogP contribution in [0.1, 0.15) is 18.4 Å². The average Bonchev–Trinajstić information content (AvgIpc) is 3.31. The van der Waals surface area contributed by atoms with E-state index in [-0.39, 0.29) is 18.1 Å². The standard InChI is InChI=1S/C32H35FN4O3Si/c1-41(2,3)18-17-40-21-36-16-13-26-28(31(36)39)27-19-23(33)9-10-25(27)30-29(26)34-32(35-14-11-24(38)12-15-35)37(30)20-22-7-5-4-6-8-22/h4-10,13,16,19H,11-12,14-15,17-18,20-21H2,1-3H3. The summed E-state index contributed by atoms with van der Waals surface area (Å²) in [6.07, 6.45) is 2.70. The maximum Gasteiger partial charge on any atom is 0.261 e. The van der Waals surface area contributed by atoms with E-state index in [1.807, 2.05) is 24.3 Å². The Kier molecular flexibility index (Phi) is 7.25. The van der Waals surface area contributed by atoms with Crippen LogP contribution in [0.5, 0.6) is 0 Å². The van der Waals surface area contributed by atoms with Crippen molar-refractivity contribution >= 4 is 52.4 Å². The summed E-state index contributed by atoms with van der Waals surface area (Å²) in [6, 6.07) is 17.7. The fourth-order valence-electron chi connectivity index (χ4n) is 5.62. The number of piperidine rings is 1. The zero-order valence-electron chi connectivity index (χ0n) is 23.8. The van der Waals surface area contributed by atoms with E-state index < -0.39 is 13.9 Å². The molecule has 0 spiro atoms. The molecule has 1 aliphatic rings. The fourth-order valence-corrected chi connectivity index (χ4v) is 6.38. The van der Waals surface area contributed by atoms with E-state index in [1.165, 1.54) is 12.1 Å². The summed E-state index contributed by atoms with van der Waals surface area (Å²) < 4.78 is 24.4. The molecule has 7 nitrogen and oxygen atoms in total. The van der Waals surface area contributed by atoms with Crippen molar-refractivity contribution in [3.63, 3.8) is 0 Å². The van der Waals surface area contributed by atoms with Crippen LogP contribution in [0.2, 0.25) is 25.7 Å². The van der Waals surface area contributed by atoms with Crippen LogP contribution in [0.15, 0.2) is 65.6 Å². The molecular weight excluding hydrogens is 535 g/mol. The van der Waals surface area contributed by atoms with Gasteiger partial charge in [0.05, 0.1) is 23.0 Å². The van der Waals surface area contributed by atoms with Gasteiger partial charge in [-0.2, -0.15) is 0 Å². The average molecular weight is 571 g/mol. The number of fused-ring (bicyclic) bond motifs is 6. The van der Waals surface area contributed by atoms with E-state index in [4.69, 9.17) is 9.72 Å². The van der Waals surface area contributed by atoms with Crippen molar-refractivity contribution in [3.05, 3.63) is 82.5 Å². The van der Waals surface area contributed by atoms with Gasteiger partial charge in [-0.15, -0.1) is 0 Å². The number of ether oxygens (including phenoxy) is 1. The molecule has 3 heterocycles. The Balaban J connectivity index is 1.56. The molecule has 1 saturated heterocycles. The molecule has 0 saturated carbocycles. The first-order valence-corrected chi connectivity index (χ1v) is 17.9. The molecule has 212 valence electrons. The summed E-state index contributed by atoms with van der Waals surface area (Å²) in [5, 5.41) is 2.45. The van der Waals surface area contributed by atoms with Crippen LogP contribution in [0.3, 0.4) is 0 Å². The minimum atomic E-state index is -1.26. The molecule has 0 aliphatic carbocycles. The number of carbonyl (C=O) groups is 1. The summed E-state index contributed by atoms with van der Waals surface area (Å²) in [7, 11) is -1.26. The van der Waals surface area contributed by atoms with Crippen LogP contribution >= 0.6 is 0 Å². The number of ketones is 1. The molecule has 41 heavy (non-hydrogen) atoms. The van der Waals surface area contributed by atoms with Gasteiger partial charge in [-0.1, -0.05) is 50.0 Å². The highest BCUT2D eigenvalue weighted by Gasteiger charge is 2.26. The van der Waals surface area contributed by atoms with Crippen LogP contribution in [0, 0.1) is 5.82 Å². The number of hydrogen-bond acceptors (Lipinski definition) is 5. The molecule has 1 aliphatic heterocycles. The number of halogens is 1. The molecule has 5 aromatic rings. The number of anilines is 1. The molecule has 0 amide bonds. The molecule has 0 atom stereocenters. The number of benzene rings is 3. The SMILES string of the molecule is C[Si](C)(C)CCOCn1ccc2c3nc(N4CCC(=O)CC4)n(Cc4ccccc4)c3c3ccc(F)cc3c2c1=O. The number of pyridine rings is 1. The van der Waals surface area contributed by atoms with E-state index in [1.54, 1.807) is 16.8 Å². The second-order valence-corrected chi connectivity index (χ2v) is 17.7. The van der Waals surface area contributed by atoms with Crippen molar-refractivity contribution in [2.24, 2.45) is 0 Å². The van der Waals surface area contributed by atoms with E-state index in [0.717, 1.165) is 28.5 Å². The third-order valence-electron chi connectivity index (χ3n) is 7.89. The van der Waals surface area contributed by atoms with Gasteiger partial charge in [-0.05, 0) is 35.9 Å².